The molecule has 108 valence electrons. The Hall–Kier alpha value is -2.41. The molecular weight excluding hydrogens is 290 g/mol. The first-order chi connectivity index (χ1) is 10.2. The summed E-state index contributed by atoms with van der Waals surface area (Å²) < 4.78 is 7.93. The van der Waals surface area contributed by atoms with E-state index in [1.54, 1.807) is 18.3 Å². The van der Waals surface area contributed by atoms with Crippen LogP contribution in [0.25, 0.3) is 5.65 Å². The van der Waals surface area contributed by atoms with E-state index in [1.165, 1.54) is 20.4 Å². The maximum absolute atomic E-state index is 12.0. The zero-order valence-electron chi connectivity index (χ0n) is 11.4. The number of pyridine rings is 1. The molecule has 3 rings (SSSR count). The second kappa shape index (κ2) is 5.53. The molecule has 0 saturated heterocycles. The normalized spacial score (nSPS) is 10.9. The lowest BCUT2D eigenvalue weighted by molar-refractivity contribution is 0.0491. The second-order valence-electron chi connectivity index (χ2n) is 4.50. The zero-order valence-corrected chi connectivity index (χ0v) is 12.2. The highest BCUT2D eigenvalue weighted by molar-refractivity contribution is 7.12. The molecule has 6 nitrogen and oxygen atoms in total. The summed E-state index contributed by atoms with van der Waals surface area (Å²) >= 11 is 1.35. The molecule has 0 amide bonds. The first-order valence-corrected chi connectivity index (χ1v) is 7.30. The third-order valence-electron chi connectivity index (χ3n) is 3.07. The number of esters is 1. The van der Waals surface area contributed by atoms with Crippen LogP contribution in [0, 0.1) is 6.92 Å². The van der Waals surface area contributed by atoms with E-state index in [0.717, 1.165) is 5.56 Å². The minimum absolute atomic E-state index is 0.111. The van der Waals surface area contributed by atoms with Gasteiger partial charge in [-0.1, -0.05) is 6.07 Å². The molecule has 7 heteroatoms. The Bertz CT molecular complexity index is 846. The van der Waals surface area contributed by atoms with E-state index in [1.807, 2.05) is 24.4 Å². The number of carbonyl (C=O) groups is 1. The summed E-state index contributed by atoms with van der Waals surface area (Å²) in [6.45, 7) is 2.20. The van der Waals surface area contributed by atoms with E-state index in [-0.39, 0.29) is 24.8 Å². The first-order valence-electron chi connectivity index (χ1n) is 6.42. The molecule has 0 aliphatic heterocycles. The molecule has 0 bridgehead atoms. The van der Waals surface area contributed by atoms with Crippen molar-refractivity contribution in [3.05, 3.63) is 56.8 Å². The molecule has 0 aromatic carbocycles. The number of aryl methyl sites for hydroxylation is 1. The van der Waals surface area contributed by atoms with E-state index in [2.05, 4.69) is 5.10 Å². The van der Waals surface area contributed by atoms with Crippen LogP contribution in [0.3, 0.4) is 0 Å². The van der Waals surface area contributed by atoms with Crippen LogP contribution in [-0.2, 0) is 11.3 Å². The van der Waals surface area contributed by atoms with Gasteiger partial charge in [-0.05, 0) is 36.1 Å². The summed E-state index contributed by atoms with van der Waals surface area (Å²) in [4.78, 5) is 24.5. The Balaban J connectivity index is 1.67. The monoisotopic (exact) mass is 303 g/mol. The summed E-state index contributed by atoms with van der Waals surface area (Å²) in [5.41, 5.74) is 1.23. The van der Waals surface area contributed by atoms with Crippen molar-refractivity contribution in [3.63, 3.8) is 0 Å². The van der Waals surface area contributed by atoms with Gasteiger partial charge in [0.25, 0.3) is 0 Å². The largest absolute Gasteiger partial charge is 0.460 e. The van der Waals surface area contributed by atoms with Crippen molar-refractivity contribution in [2.24, 2.45) is 0 Å². The molecule has 0 N–H and O–H groups in total. The van der Waals surface area contributed by atoms with Gasteiger partial charge in [-0.3, -0.25) is 4.40 Å². The first kappa shape index (κ1) is 13.6. The molecule has 0 atom stereocenters. The average molecular weight is 303 g/mol. The zero-order chi connectivity index (χ0) is 14.8. The lowest BCUT2D eigenvalue weighted by atomic mass is 10.3. The van der Waals surface area contributed by atoms with Crippen LogP contribution in [-0.4, -0.2) is 26.8 Å². The third-order valence-corrected chi connectivity index (χ3v) is 4.07. The number of fused-ring (bicyclic) bond motifs is 1. The van der Waals surface area contributed by atoms with Crippen molar-refractivity contribution >= 4 is 23.0 Å². The molecule has 0 aliphatic carbocycles. The molecule has 3 heterocycles. The van der Waals surface area contributed by atoms with Crippen LogP contribution in [0.5, 0.6) is 0 Å². The van der Waals surface area contributed by atoms with Gasteiger partial charge in [0.1, 0.15) is 11.5 Å². The van der Waals surface area contributed by atoms with Gasteiger partial charge >= 0.3 is 11.7 Å². The van der Waals surface area contributed by atoms with Gasteiger partial charge in [0, 0.05) is 6.20 Å². The summed E-state index contributed by atoms with van der Waals surface area (Å²) in [6, 6.07) is 7.19. The maximum atomic E-state index is 12.0. The number of hydrogen-bond donors (Lipinski definition) is 0. The standard InChI is InChI=1S/C14H13N3O3S/c1-10-5-9-21-12(10)13(18)20-8-7-17-14(19)16-6-3-2-4-11(16)15-17/h2-6,9H,7-8H2,1H3. The average Bonchev–Trinajstić information content (AvgIpc) is 3.04. The van der Waals surface area contributed by atoms with Crippen LogP contribution >= 0.6 is 11.3 Å². The van der Waals surface area contributed by atoms with Crippen molar-refractivity contribution in [3.8, 4) is 0 Å². The fraction of sp³-hybridized carbons (Fsp3) is 0.214. The van der Waals surface area contributed by atoms with Crippen molar-refractivity contribution in [2.75, 3.05) is 6.61 Å². The summed E-state index contributed by atoms with van der Waals surface area (Å²) in [5.74, 6) is -0.362. The lowest BCUT2D eigenvalue weighted by Crippen LogP contribution is -2.24. The Morgan fingerprint density at radius 3 is 2.95 bits per heavy atom. The number of nitrogens with zero attached hydrogens (tertiary/aromatic N) is 3. The number of rotatable bonds is 4. The van der Waals surface area contributed by atoms with E-state index in [4.69, 9.17) is 4.74 Å². The van der Waals surface area contributed by atoms with Crippen LogP contribution in [0.1, 0.15) is 15.2 Å². The Labute approximate surface area is 124 Å². The number of carbonyl (C=O) groups excluding carboxylic acids is 1. The molecule has 0 unspecified atom stereocenters. The highest BCUT2D eigenvalue weighted by Crippen LogP contribution is 2.16. The van der Waals surface area contributed by atoms with Gasteiger partial charge in [0.05, 0.1) is 6.54 Å². The lowest BCUT2D eigenvalue weighted by Gasteiger charge is -2.03. The van der Waals surface area contributed by atoms with E-state index in [9.17, 15) is 9.59 Å². The molecule has 0 saturated carbocycles. The van der Waals surface area contributed by atoms with E-state index >= 15 is 0 Å². The molecule has 3 aromatic rings. The van der Waals surface area contributed by atoms with Gasteiger partial charge in [-0.15, -0.1) is 16.4 Å². The van der Waals surface area contributed by atoms with E-state index in [0.29, 0.717) is 10.5 Å². The van der Waals surface area contributed by atoms with Crippen molar-refractivity contribution in [2.45, 2.75) is 13.5 Å². The molecule has 3 aromatic heterocycles. The van der Waals surface area contributed by atoms with Crippen LogP contribution in [0.15, 0.2) is 40.6 Å². The van der Waals surface area contributed by atoms with Crippen LogP contribution < -0.4 is 5.69 Å². The minimum atomic E-state index is -0.362. The van der Waals surface area contributed by atoms with E-state index < -0.39 is 0 Å². The SMILES string of the molecule is Cc1ccsc1C(=O)OCCn1nc2ccccn2c1=O. The van der Waals surface area contributed by atoms with Crippen molar-refractivity contribution in [1.82, 2.24) is 14.2 Å². The Morgan fingerprint density at radius 1 is 1.38 bits per heavy atom. The molecule has 0 aliphatic rings. The quantitative estimate of drug-likeness (QED) is 0.688. The number of aromatic nitrogens is 3. The smallest absolute Gasteiger partial charge is 0.350 e. The fourth-order valence-electron chi connectivity index (χ4n) is 1.99. The predicted octanol–water partition coefficient (Wildman–Crippen LogP) is 1.72. The van der Waals surface area contributed by atoms with Gasteiger partial charge in [-0.25, -0.2) is 14.3 Å². The van der Waals surface area contributed by atoms with Crippen molar-refractivity contribution in [1.29, 1.82) is 0 Å². The van der Waals surface area contributed by atoms with Crippen LogP contribution in [0.2, 0.25) is 0 Å². The highest BCUT2D eigenvalue weighted by atomic mass is 32.1. The molecule has 0 fully saturated rings. The summed E-state index contributed by atoms with van der Waals surface area (Å²) in [6.07, 6.45) is 1.65. The number of thiophene rings is 1. The summed E-state index contributed by atoms with van der Waals surface area (Å²) in [5, 5.41) is 6.01. The Morgan fingerprint density at radius 2 is 2.24 bits per heavy atom. The highest BCUT2D eigenvalue weighted by Gasteiger charge is 2.12. The topological polar surface area (TPSA) is 65.6 Å². The van der Waals surface area contributed by atoms with Gasteiger partial charge in [-0.2, -0.15) is 0 Å². The van der Waals surface area contributed by atoms with Gasteiger partial charge < -0.3 is 4.74 Å². The molecule has 0 radical (unpaired) electrons. The minimum Gasteiger partial charge on any atom is -0.460 e. The van der Waals surface area contributed by atoms with Crippen LogP contribution in [0.4, 0.5) is 0 Å². The van der Waals surface area contributed by atoms with Gasteiger partial charge in [0.15, 0.2) is 5.65 Å². The molecule has 21 heavy (non-hydrogen) atoms. The Kier molecular flexibility index (Phi) is 3.57. The maximum Gasteiger partial charge on any atom is 0.350 e. The predicted molar refractivity (Wildman–Crippen MR) is 78.8 cm³/mol. The number of ether oxygens (including phenoxy) is 1. The second-order valence-corrected chi connectivity index (χ2v) is 5.42. The third kappa shape index (κ3) is 2.59. The molecular formula is C14H13N3O3S. The molecule has 0 spiro atoms. The number of hydrogen-bond acceptors (Lipinski definition) is 5. The van der Waals surface area contributed by atoms with Crippen molar-refractivity contribution < 1.29 is 9.53 Å². The summed E-state index contributed by atoms with van der Waals surface area (Å²) in [7, 11) is 0. The van der Waals surface area contributed by atoms with Gasteiger partial charge in [0.2, 0.25) is 0 Å². The fourth-order valence-corrected chi connectivity index (χ4v) is 2.80.